The van der Waals surface area contributed by atoms with Crippen LogP contribution in [-0.2, 0) is 10.9 Å². The summed E-state index contributed by atoms with van der Waals surface area (Å²) in [5.74, 6) is -0.862. The standard InChI is InChI=1S/C8H12ClF2N3O/c1-3-7(12,4-2)5-13-6(15-14-5)8(9,10)11/h3-4,12H2,1-2H3. The Bertz CT molecular complexity index is 333. The topological polar surface area (TPSA) is 64.9 Å². The molecule has 4 nitrogen and oxygen atoms in total. The molecule has 0 saturated heterocycles. The summed E-state index contributed by atoms with van der Waals surface area (Å²) in [5.41, 5.74) is 5.06. The first kappa shape index (κ1) is 12.3. The fourth-order valence-electron chi connectivity index (χ4n) is 1.11. The molecule has 0 aliphatic carbocycles. The van der Waals surface area contributed by atoms with Gasteiger partial charge in [-0.1, -0.05) is 19.0 Å². The number of rotatable bonds is 4. The zero-order valence-electron chi connectivity index (χ0n) is 8.43. The van der Waals surface area contributed by atoms with Crippen LogP contribution in [0.4, 0.5) is 8.78 Å². The molecule has 0 radical (unpaired) electrons. The second-order valence-corrected chi connectivity index (χ2v) is 3.76. The summed E-state index contributed by atoms with van der Waals surface area (Å²) >= 11 is 4.74. The molecule has 0 atom stereocenters. The van der Waals surface area contributed by atoms with Gasteiger partial charge in [-0.2, -0.15) is 13.8 Å². The van der Waals surface area contributed by atoms with Gasteiger partial charge in [-0.05, 0) is 24.4 Å². The van der Waals surface area contributed by atoms with Crippen molar-refractivity contribution in [3.05, 3.63) is 11.7 Å². The van der Waals surface area contributed by atoms with Crippen molar-refractivity contribution < 1.29 is 13.3 Å². The number of aromatic nitrogens is 2. The van der Waals surface area contributed by atoms with Gasteiger partial charge in [0.1, 0.15) is 0 Å². The lowest BCUT2D eigenvalue weighted by Gasteiger charge is -2.21. The summed E-state index contributed by atoms with van der Waals surface area (Å²) < 4.78 is 29.5. The van der Waals surface area contributed by atoms with E-state index in [1.807, 2.05) is 13.8 Å². The number of alkyl halides is 3. The van der Waals surface area contributed by atoms with E-state index in [0.29, 0.717) is 12.8 Å². The fraction of sp³-hybridized carbons (Fsp3) is 0.750. The van der Waals surface area contributed by atoms with Crippen LogP contribution in [0.5, 0.6) is 0 Å². The van der Waals surface area contributed by atoms with E-state index in [-0.39, 0.29) is 5.82 Å². The maximum atomic E-state index is 12.6. The minimum Gasteiger partial charge on any atom is -0.331 e. The van der Waals surface area contributed by atoms with Gasteiger partial charge in [0.15, 0.2) is 5.82 Å². The van der Waals surface area contributed by atoms with Crippen LogP contribution in [0.3, 0.4) is 0 Å². The molecule has 1 aromatic heterocycles. The van der Waals surface area contributed by atoms with Gasteiger partial charge in [0.05, 0.1) is 5.54 Å². The molecule has 0 spiro atoms. The number of nitrogens with zero attached hydrogens (tertiary/aromatic N) is 2. The zero-order valence-corrected chi connectivity index (χ0v) is 9.18. The summed E-state index contributed by atoms with van der Waals surface area (Å²) in [6, 6.07) is 0. The van der Waals surface area contributed by atoms with Gasteiger partial charge in [-0.3, -0.25) is 0 Å². The Kier molecular flexibility index (Phi) is 3.30. The molecule has 2 N–H and O–H groups in total. The predicted octanol–water partition coefficient (Wildman–Crippen LogP) is 2.33. The van der Waals surface area contributed by atoms with Crippen LogP contribution in [0.1, 0.15) is 38.4 Å². The van der Waals surface area contributed by atoms with Gasteiger partial charge in [0.25, 0.3) is 0 Å². The van der Waals surface area contributed by atoms with Crippen molar-refractivity contribution in [3.8, 4) is 0 Å². The van der Waals surface area contributed by atoms with Gasteiger partial charge < -0.3 is 10.3 Å². The molecule has 0 amide bonds. The molecule has 0 aromatic carbocycles. The summed E-state index contributed by atoms with van der Waals surface area (Å²) in [6.07, 6.45) is 1.05. The van der Waals surface area contributed by atoms with Gasteiger partial charge in [0.2, 0.25) is 0 Å². The Morgan fingerprint density at radius 3 is 2.27 bits per heavy atom. The average Bonchev–Trinajstić information content (AvgIpc) is 2.65. The van der Waals surface area contributed by atoms with Gasteiger partial charge in [-0.15, -0.1) is 0 Å². The number of hydrogen-bond donors (Lipinski definition) is 1. The largest absolute Gasteiger partial charge is 0.400 e. The highest BCUT2D eigenvalue weighted by molar-refractivity contribution is 6.21. The first-order valence-corrected chi connectivity index (χ1v) is 4.91. The lowest BCUT2D eigenvalue weighted by Crippen LogP contribution is -2.36. The quantitative estimate of drug-likeness (QED) is 0.819. The molecule has 0 aliphatic heterocycles. The molecule has 15 heavy (non-hydrogen) atoms. The van der Waals surface area contributed by atoms with Crippen molar-refractivity contribution >= 4 is 11.6 Å². The molecule has 0 fully saturated rings. The van der Waals surface area contributed by atoms with Crippen molar-refractivity contribution in [3.63, 3.8) is 0 Å². The van der Waals surface area contributed by atoms with E-state index in [0.717, 1.165) is 0 Å². The number of hydrogen-bond acceptors (Lipinski definition) is 4. The second-order valence-electron chi connectivity index (χ2n) is 3.28. The highest BCUT2D eigenvalue weighted by Gasteiger charge is 2.38. The summed E-state index contributed by atoms with van der Waals surface area (Å²) in [6.45, 7) is 3.64. The zero-order chi connectivity index (χ0) is 11.7. The minimum atomic E-state index is -3.65. The van der Waals surface area contributed by atoms with Crippen LogP contribution in [-0.4, -0.2) is 10.1 Å². The third-order valence-corrected chi connectivity index (χ3v) is 2.54. The molecule has 1 rings (SSSR count). The van der Waals surface area contributed by atoms with Gasteiger partial charge >= 0.3 is 11.3 Å². The normalized spacial score (nSPS) is 13.2. The summed E-state index contributed by atoms with van der Waals surface area (Å²) in [4.78, 5) is 3.51. The highest BCUT2D eigenvalue weighted by Crippen LogP contribution is 2.32. The molecular formula is C8H12ClF2N3O. The Morgan fingerprint density at radius 1 is 1.40 bits per heavy atom. The van der Waals surface area contributed by atoms with Crippen molar-refractivity contribution in [2.45, 2.75) is 37.6 Å². The second kappa shape index (κ2) is 4.02. The Balaban J connectivity index is 3.03. The minimum absolute atomic E-state index is 0.0582. The third kappa shape index (κ3) is 2.43. The average molecular weight is 240 g/mol. The highest BCUT2D eigenvalue weighted by atomic mass is 35.5. The van der Waals surface area contributed by atoms with E-state index in [4.69, 9.17) is 17.3 Å². The molecule has 7 heteroatoms. The molecule has 86 valence electrons. The van der Waals surface area contributed by atoms with Crippen LogP contribution in [0, 0.1) is 0 Å². The van der Waals surface area contributed by atoms with Crippen LogP contribution < -0.4 is 5.73 Å². The van der Waals surface area contributed by atoms with Gasteiger partial charge in [0, 0.05) is 0 Å². The van der Waals surface area contributed by atoms with Crippen molar-refractivity contribution in [2.75, 3.05) is 0 Å². The van der Waals surface area contributed by atoms with E-state index in [2.05, 4.69) is 14.7 Å². The Morgan fingerprint density at radius 2 is 1.93 bits per heavy atom. The van der Waals surface area contributed by atoms with Crippen LogP contribution in [0.2, 0.25) is 0 Å². The van der Waals surface area contributed by atoms with E-state index in [1.165, 1.54) is 0 Å². The van der Waals surface area contributed by atoms with E-state index >= 15 is 0 Å². The SMILES string of the molecule is CCC(N)(CC)c1noc(C(F)(F)Cl)n1. The maximum absolute atomic E-state index is 12.6. The lowest BCUT2D eigenvalue weighted by atomic mass is 9.94. The summed E-state index contributed by atoms with van der Waals surface area (Å²) in [7, 11) is 0. The van der Waals surface area contributed by atoms with Crippen molar-refractivity contribution in [1.82, 2.24) is 10.1 Å². The number of nitrogens with two attached hydrogens (primary N) is 1. The molecule has 1 heterocycles. The Labute approximate surface area is 90.8 Å². The van der Waals surface area contributed by atoms with E-state index in [9.17, 15) is 8.78 Å². The Hall–Kier alpha value is -0.750. The van der Waals surface area contributed by atoms with Crippen LogP contribution >= 0.6 is 11.6 Å². The first-order valence-electron chi connectivity index (χ1n) is 4.53. The number of halogens is 3. The van der Waals surface area contributed by atoms with E-state index < -0.39 is 16.8 Å². The molecule has 1 aromatic rings. The van der Waals surface area contributed by atoms with E-state index in [1.54, 1.807) is 0 Å². The molecule has 0 aliphatic rings. The predicted molar refractivity (Wildman–Crippen MR) is 50.5 cm³/mol. The fourth-order valence-corrected chi connectivity index (χ4v) is 1.18. The van der Waals surface area contributed by atoms with Gasteiger partial charge in [-0.25, -0.2) is 0 Å². The third-order valence-electron chi connectivity index (χ3n) is 2.38. The molecule has 0 saturated carbocycles. The monoisotopic (exact) mass is 239 g/mol. The maximum Gasteiger partial charge on any atom is 0.400 e. The summed E-state index contributed by atoms with van der Waals surface area (Å²) in [5, 5.41) is -0.224. The van der Waals surface area contributed by atoms with Crippen molar-refractivity contribution in [2.24, 2.45) is 5.73 Å². The lowest BCUT2D eigenvalue weighted by molar-refractivity contribution is 0.0550. The van der Waals surface area contributed by atoms with Crippen LogP contribution in [0.25, 0.3) is 0 Å². The molecule has 0 unspecified atom stereocenters. The first-order chi connectivity index (χ1) is 6.83. The smallest absolute Gasteiger partial charge is 0.331 e. The molecular weight excluding hydrogens is 228 g/mol. The van der Waals surface area contributed by atoms with Crippen molar-refractivity contribution in [1.29, 1.82) is 0 Å². The van der Waals surface area contributed by atoms with Crippen LogP contribution in [0.15, 0.2) is 4.52 Å². The molecule has 0 bridgehead atoms.